The van der Waals surface area contributed by atoms with E-state index in [4.69, 9.17) is 4.74 Å². The lowest BCUT2D eigenvalue weighted by Gasteiger charge is -2.37. The van der Waals surface area contributed by atoms with E-state index in [0.29, 0.717) is 6.54 Å². The second-order valence-corrected chi connectivity index (χ2v) is 7.28. The monoisotopic (exact) mass is 337 g/mol. The summed E-state index contributed by atoms with van der Waals surface area (Å²) < 4.78 is 5.60. The summed E-state index contributed by atoms with van der Waals surface area (Å²) in [4.78, 5) is 14.7. The van der Waals surface area contributed by atoms with Crippen molar-refractivity contribution in [3.63, 3.8) is 0 Å². The highest BCUT2D eigenvalue weighted by Gasteiger charge is 2.32. The maximum absolute atomic E-state index is 12.6. The Bertz CT molecular complexity index is 705. The Labute approximate surface area is 149 Å². The molecule has 0 bridgehead atoms. The van der Waals surface area contributed by atoms with Crippen molar-refractivity contribution in [2.45, 2.75) is 32.4 Å². The van der Waals surface area contributed by atoms with Crippen LogP contribution in [0.3, 0.4) is 0 Å². The zero-order valence-electron chi connectivity index (χ0n) is 15.1. The summed E-state index contributed by atoms with van der Waals surface area (Å²) in [6, 6.07) is 19.0. The van der Waals surface area contributed by atoms with Crippen molar-refractivity contribution in [1.29, 1.82) is 0 Å². The molecule has 1 radical (unpaired) electrons. The van der Waals surface area contributed by atoms with Crippen molar-refractivity contribution in [3.8, 4) is 11.1 Å². The largest absolute Gasteiger partial charge is 0.458 e. The first-order valence-electron chi connectivity index (χ1n) is 8.71. The fourth-order valence-electron chi connectivity index (χ4n) is 3.02. The topological polar surface area (TPSA) is 41.6 Å². The average Bonchev–Trinajstić information content (AvgIpc) is 2.61. The van der Waals surface area contributed by atoms with Gasteiger partial charge in [-0.05, 0) is 50.1 Å². The standard InChI is InChI=1S/C21H25N2O2/c1-21(2,3)25-20(24)19-15-22-13-14-23(19)18-11-9-17(10-12-18)16-7-5-4-6-8-16/h5-12,19,22H,13-15H2,1-3H3. The van der Waals surface area contributed by atoms with E-state index >= 15 is 0 Å². The molecule has 1 unspecified atom stereocenters. The van der Waals surface area contributed by atoms with E-state index in [1.54, 1.807) is 0 Å². The number of carbonyl (C=O) groups excluding carboxylic acids is 1. The minimum absolute atomic E-state index is 0.178. The molecule has 4 heteroatoms. The lowest BCUT2D eigenvalue weighted by Crippen LogP contribution is -2.56. The number of carbonyl (C=O) groups is 1. The number of benzene rings is 2. The van der Waals surface area contributed by atoms with Crippen LogP contribution in [0.25, 0.3) is 11.1 Å². The van der Waals surface area contributed by atoms with Crippen molar-refractivity contribution in [1.82, 2.24) is 5.32 Å². The first-order valence-corrected chi connectivity index (χ1v) is 8.71. The highest BCUT2D eigenvalue weighted by Crippen LogP contribution is 2.25. The summed E-state index contributed by atoms with van der Waals surface area (Å²) in [5.41, 5.74) is 2.88. The first kappa shape index (κ1) is 17.5. The Morgan fingerprint density at radius 2 is 1.76 bits per heavy atom. The predicted molar refractivity (Wildman–Crippen MR) is 101 cm³/mol. The third kappa shape index (κ3) is 4.40. The number of hydrogen-bond acceptors (Lipinski definition) is 4. The van der Waals surface area contributed by atoms with Crippen molar-refractivity contribution in [3.05, 3.63) is 54.6 Å². The molecule has 1 N–H and O–H groups in total. The second-order valence-electron chi connectivity index (χ2n) is 7.28. The molecule has 4 nitrogen and oxygen atoms in total. The molecule has 1 fully saturated rings. The Balaban J connectivity index is 1.79. The number of anilines is 1. The van der Waals surface area contributed by atoms with E-state index in [2.05, 4.69) is 40.5 Å². The summed E-state index contributed by atoms with van der Waals surface area (Å²) in [5.74, 6) is -0.178. The van der Waals surface area contributed by atoms with Gasteiger partial charge in [0, 0.05) is 25.3 Å². The van der Waals surface area contributed by atoms with E-state index in [1.807, 2.05) is 45.0 Å². The quantitative estimate of drug-likeness (QED) is 0.873. The number of nitrogens with zero attached hydrogens (tertiary/aromatic N) is 1. The van der Waals surface area contributed by atoms with Crippen LogP contribution in [0.15, 0.2) is 48.5 Å². The molecule has 0 aliphatic carbocycles. The van der Waals surface area contributed by atoms with Crippen LogP contribution in [0.4, 0.5) is 5.69 Å². The van der Waals surface area contributed by atoms with Crippen LogP contribution in [-0.2, 0) is 9.53 Å². The Morgan fingerprint density at radius 3 is 2.40 bits per heavy atom. The number of hydrogen-bond donors (Lipinski definition) is 1. The lowest BCUT2D eigenvalue weighted by molar-refractivity contribution is -0.156. The zero-order valence-corrected chi connectivity index (χ0v) is 15.1. The smallest absolute Gasteiger partial charge is 0.330 e. The maximum atomic E-state index is 12.6. The van der Waals surface area contributed by atoms with Crippen molar-refractivity contribution in [2.75, 3.05) is 24.5 Å². The Morgan fingerprint density at radius 1 is 1.12 bits per heavy atom. The minimum atomic E-state index is -0.478. The van der Waals surface area contributed by atoms with Crippen LogP contribution in [0.1, 0.15) is 20.8 Å². The van der Waals surface area contributed by atoms with Crippen molar-refractivity contribution >= 4 is 11.7 Å². The van der Waals surface area contributed by atoms with Gasteiger partial charge in [0.05, 0.1) is 0 Å². The molecule has 2 aromatic carbocycles. The van der Waals surface area contributed by atoms with E-state index in [9.17, 15) is 4.79 Å². The van der Waals surface area contributed by atoms with Gasteiger partial charge in [-0.15, -0.1) is 0 Å². The number of rotatable bonds is 3. The molecule has 25 heavy (non-hydrogen) atoms. The van der Waals surface area contributed by atoms with Gasteiger partial charge in [-0.1, -0.05) is 36.4 Å². The van der Waals surface area contributed by atoms with Gasteiger partial charge in [-0.25, -0.2) is 4.79 Å². The van der Waals surface area contributed by atoms with Crippen LogP contribution < -0.4 is 10.2 Å². The molecule has 3 rings (SSSR count). The Kier molecular flexibility index (Phi) is 5.09. The SMILES string of the molecule is CC(C)(C)OC(=O)C1CNCCN1c1ccc(-c2cc[c]cc2)cc1. The highest BCUT2D eigenvalue weighted by molar-refractivity contribution is 5.81. The van der Waals surface area contributed by atoms with Gasteiger partial charge < -0.3 is 15.0 Å². The molecular weight excluding hydrogens is 312 g/mol. The molecule has 0 saturated carbocycles. The van der Waals surface area contributed by atoms with Crippen LogP contribution >= 0.6 is 0 Å². The molecule has 1 atom stereocenters. The average molecular weight is 337 g/mol. The molecular formula is C21H25N2O2. The van der Waals surface area contributed by atoms with Crippen molar-refractivity contribution in [2.24, 2.45) is 0 Å². The summed E-state index contributed by atoms with van der Waals surface area (Å²) in [6.07, 6.45) is 0. The normalized spacial score (nSPS) is 18.0. The van der Waals surface area contributed by atoms with Gasteiger partial charge in [-0.3, -0.25) is 0 Å². The molecule has 2 aromatic rings. The molecule has 1 heterocycles. The van der Waals surface area contributed by atoms with Crippen LogP contribution in [0.5, 0.6) is 0 Å². The molecule has 0 spiro atoms. The summed E-state index contributed by atoms with van der Waals surface area (Å²) in [5, 5.41) is 3.29. The van der Waals surface area contributed by atoms with E-state index < -0.39 is 5.60 Å². The third-order valence-electron chi connectivity index (χ3n) is 4.17. The van der Waals surface area contributed by atoms with Crippen LogP contribution in [0, 0.1) is 6.07 Å². The number of piperazine rings is 1. The van der Waals surface area contributed by atoms with E-state index in [0.717, 1.165) is 29.9 Å². The number of esters is 1. The highest BCUT2D eigenvalue weighted by atomic mass is 16.6. The van der Waals surface area contributed by atoms with Gasteiger partial charge in [0.1, 0.15) is 11.6 Å². The maximum Gasteiger partial charge on any atom is 0.330 e. The first-order chi connectivity index (χ1) is 11.9. The van der Waals surface area contributed by atoms with Crippen molar-refractivity contribution < 1.29 is 9.53 Å². The number of ether oxygens (including phenoxy) is 1. The third-order valence-corrected chi connectivity index (χ3v) is 4.17. The fourth-order valence-corrected chi connectivity index (χ4v) is 3.02. The van der Waals surface area contributed by atoms with Crippen LogP contribution in [-0.4, -0.2) is 37.2 Å². The summed E-state index contributed by atoms with van der Waals surface area (Å²) in [6.45, 7) is 7.94. The summed E-state index contributed by atoms with van der Waals surface area (Å²) >= 11 is 0. The van der Waals surface area contributed by atoms with Gasteiger partial charge in [0.15, 0.2) is 0 Å². The van der Waals surface area contributed by atoms with E-state index in [1.165, 1.54) is 0 Å². The number of nitrogens with one attached hydrogen (secondary N) is 1. The molecule has 1 aliphatic rings. The molecule has 1 aliphatic heterocycles. The second kappa shape index (κ2) is 7.28. The van der Waals surface area contributed by atoms with Crippen LogP contribution in [0.2, 0.25) is 0 Å². The van der Waals surface area contributed by atoms with Gasteiger partial charge in [0.25, 0.3) is 0 Å². The van der Waals surface area contributed by atoms with Gasteiger partial charge in [0.2, 0.25) is 0 Å². The molecule has 0 amide bonds. The lowest BCUT2D eigenvalue weighted by atomic mass is 10.0. The molecule has 1 saturated heterocycles. The fraction of sp³-hybridized carbons (Fsp3) is 0.381. The summed E-state index contributed by atoms with van der Waals surface area (Å²) in [7, 11) is 0. The van der Waals surface area contributed by atoms with E-state index in [-0.39, 0.29) is 12.0 Å². The zero-order chi connectivity index (χ0) is 17.9. The van der Waals surface area contributed by atoms with Gasteiger partial charge >= 0.3 is 5.97 Å². The predicted octanol–water partition coefficient (Wildman–Crippen LogP) is 3.27. The molecule has 0 aromatic heterocycles. The minimum Gasteiger partial charge on any atom is -0.458 e. The Hall–Kier alpha value is -2.33. The molecule has 131 valence electrons. The van der Waals surface area contributed by atoms with Gasteiger partial charge in [-0.2, -0.15) is 0 Å².